The summed E-state index contributed by atoms with van der Waals surface area (Å²) in [6, 6.07) is 0. The second-order valence-corrected chi connectivity index (χ2v) is 10.9. The lowest BCUT2D eigenvalue weighted by atomic mass is 9.60. The highest BCUT2D eigenvalue weighted by atomic mass is 19.3. The van der Waals surface area contributed by atoms with Gasteiger partial charge in [-0.15, -0.1) is 0 Å². The Bertz CT molecular complexity index is 496. The molecule has 0 aromatic rings. The zero-order valence-corrected chi connectivity index (χ0v) is 22.4. The SMILES string of the molecule is CC(C)C(CCCCCCCCCOCCN1CCN(C(=O)C(F)F)CC1)(C(C)C)C(C)C. The van der Waals surface area contributed by atoms with Crippen LogP contribution in [-0.2, 0) is 9.53 Å². The average Bonchev–Trinajstić information content (AvgIpc) is 2.76. The van der Waals surface area contributed by atoms with Crippen LogP contribution in [-0.4, -0.2) is 68.1 Å². The molecule has 0 saturated carbocycles. The van der Waals surface area contributed by atoms with E-state index in [9.17, 15) is 13.6 Å². The first-order valence-corrected chi connectivity index (χ1v) is 13.5. The molecule has 0 atom stereocenters. The van der Waals surface area contributed by atoms with Crippen LogP contribution < -0.4 is 0 Å². The number of alkyl halides is 2. The standard InChI is InChI=1S/C27H52F2N2O2/c1-22(2)27(23(3)4,24(5)6)14-12-10-8-7-9-11-13-20-33-21-19-30-15-17-31(18-16-30)26(32)25(28)29/h22-25H,7-21H2,1-6H3. The molecule has 1 heterocycles. The van der Waals surface area contributed by atoms with Crippen LogP contribution >= 0.6 is 0 Å². The van der Waals surface area contributed by atoms with Gasteiger partial charge in [0.15, 0.2) is 0 Å². The van der Waals surface area contributed by atoms with Crippen LogP contribution in [0.4, 0.5) is 8.78 Å². The Morgan fingerprint density at radius 2 is 1.24 bits per heavy atom. The van der Waals surface area contributed by atoms with Crippen LogP contribution in [0.25, 0.3) is 0 Å². The first kappa shape index (κ1) is 30.3. The molecule has 1 saturated heterocycles. The smallest absolute Gasteiger partial charge is 0.315 e. The summed E-state index contributed by atoms with van der Waals surface area (Å²) < 4.78 is 30.7. The van der Waals surface area contributed by atoms with Crippen molar-refractivity contribution in [3.8, 4) is 0 Å². The molecule has 1 amide bonds. The van der Waals surface area contributed by atoms with Gasteiger partial charge in [-0.05, 0) is 36.0 Å². The number of hydrogen-bond acceptors (Lipinski definition) is 3. The Labute approximate surface area is 202 Å². The molecule has 1 aliphatic heterocycles. The molecule has 0 aromatic carbocycles. The normalized spacial score (nSPS) is 16.1. The molecule has 196 valence electrons. The van der Waals surface area contributed by atoms with Crippen molar-refractivity contribution in [2.75, 3.05) is 45.9 Å². The van der Waals surface area contributed by atoms with Crippen LogP contribution in [0.2, 0.25) is 0 Å². The summed E-state index contributed by atoms with van der Waals surface area (Å²) in [4.78, 5) is 14.8. The molecular formula is C27H52F2N2O2. The van der Waals surface area contributed by atoms with Crippen LogP contribution in [0.1, 0.15) is 92.9 Å². The lowest BCUT2D eigenvalue weighted by Crippen LogP contribution is -2.50. The molecule has 0 N–H and O–H groups in total. The fourth-order valence-electron chi connectivity index (χ4n) is 6.01. The zero-order chi connectivity index (χ0) is 24.9. The van der Waals surface area contributed by atoms with Gasteiger partial charge in [0.05, 0.1) is 6.61 Å². The number of nitrogens with zero attached hydrogens (tertiary/aromatic N) is 2. The highest BCUT2D eigenvalue weighted by Gasteiger charge is 2.39. The molecule has 1 rings (SSSR count). The second kappa shape index (κ2) is 16.0. The molecule has 0 bridgehead atoms. The third-order valence-corrected chi connectivity index (χ3v) is 8.05. The lowest BCUT2D eigenvalue weighted by Gasteiger charge is -2.45. The summed E-state index contributed by atoms with van der Waals surface area (Å²) in [7, 11) is 0. The Morgan fingerprint density at radius 3 is 1.73 bits per heavy atom. The number of piperazine rings is 1. The third-order valence-electron chi connectivity index (χ3n) is 8.05. The van der Waals surface area contributed by atoms with Gasteiger partial charge in [0.25, 0.3) is 5.91 Å². The largest absolute Gasteiger partial charge is 0.380 e. The Hall–Kier alpha value is -0.750. The monoisotopic (exact) mass is 474 g/mol. The predicted molar refractivity (Wildman–Crippen MR) is 134 cm³/mol. The van der Waals surface area contributed by atoms with E-state index in [1.807, 2.05) is 0 Å². The maximum absolute atomic E-state index is 12.5. The van der Waals surface area contributed by atoms with E-state index in [-0.39, 0.29) is 0 Å². The van der Waals surface area contributed by atoms with Crippen molar-refractivity contribution in [1.82, 2.24) is 9.80 Å². The van der Waals surface area contributed by atoms with Crippen LogP contribution in [0.15, 0.2) is 0 Å². The highest BCUT2D eigenvalue weighted by molar-refractivity contribution is 5.79. The Morgan fingerprint density at radius 1 is 0.758 bits per heavy atom. The van der Waals surface area contributed by atoms with Gasteiger partial charge in [0.2, 0.25) is 0 Å². The lowest BCUT2D eigenvalue weighted by molar-refractivity contribution is -0.144. The molecule has 0 aliphatic carbocycles. The van der Waals surface area contributed by atoms with Crippen molar-refractivity contribution >= 4 is 5.91 Å². The van der Waals surface area contributed by atoms with Crippen LogP contribution in [0, 0.1) is 23.2 Å². The van der Waals surface area contributed by atoms with E-state index in [4.69, 9.17) is 4.74 Å². The molecule has 0 radical (unpaired) electrons. The minimum absolute atomic E-state index is 0.385. The fraction of sp³-hybridized carbons (Fsp3) is 0.963. The maximum Gasteiger partial charge on any atom is 0.315 e. The van der Waals surface area contributed by atoms with Crippen LogP contribution in [0.3, 0.4) is 0 Å². The van der Waals surface area contributed by atoms with Gasteiger partial charge >= 0.3 is 6.43 Å². The summed E-state index contributed by atoms with van der Waals surface area (Å²) in [5, 5.41) is 0. The van der Waals surface area contributed by atoms with Crippen molar-refractivity contribution in [3.63, 3.8) is 0 Å². The summed E-state index contributed by atoms with van der Waals surface area (Å²) in [5.74, 6) is 1.16. The molecule has 1 fully saturated rings. The topological polar surface area (TPSA) is 32.8 Å². The average molecular weight is 475 g/mol. The third kappa shape index (κ3) is 10.2. The highest BCUT2D eigenvalue weighted by Crippen LogP contribution is 2.47. The maximum atomic E-state index is 12.5. The van der Waals surface area contributed by atoms with E-state index >= 15 is 0 Å². The number of hydrogen-bond donors (Lipinski definition) is 0. The van der Waals surface area contributed by atoms with Gasteiger partial charge in [-0.2, -0.15) is 8.78 Å². The first-order chi connectivity index (χ1) is 15.6. The molecular weight excluding hydrogens is 422 g/mol. The van der Waals surface area contributed by atoms with Gasteiger partial charge in [0.1, 0.15) is 0 Å². The van der Waals surface area contributed by atoms with Crippen molar-refractivity contribution < 1.29 is 18.3 Å². The quantitative estimate of drug-likeness (QED) is 0.226. The van der Waals surface area contributed by atoms with Crippen LogP contribution in [0.5, 0.6) is 0 Å². The minimum atomic E-state index is -2.89. The number of halogens is 2. The van der Waals surface area contributed by atoms with Gasteiger partial charge in [-0.1, -0.05) is 80.1 Å². The van der Waals surface area contributed by atoms with E-state index in [1.165, 1.54) is 49.8 Å². The number of carbonyl (C=O) groups is 1. The van der Waals surface area contributed by atoms with Crippen molar-refractivity contribution in [1.29, 1.82) is 0 Å². The van der Waals surface area contributed by atoms with E-state index in [0.29, 0.717) is 38.2 Å². The summed E-state index contributed by atoms with van der Waals surface area (Å²) in [5.41, 5.74) is 0.466. The summed E-state index contributed by atoms with van der Waals surface area (Å²) in [6.07, 6.45) is 7.43. The molecule has 6 heteroatoms. The zero-order valence-electron chi connectivity index (χ0n) is 22.4. The molecule has 1 aliphatic rings. The molecule has 4 nitrogen and oxygen atoms in total. The Balaban J connectivity index is 1.99. The summed E-state index contributed by atoms with van der Waals surface area (Å²) in [6.45, 7) is 18.8. The predicted octanol–water partition coefficient (Wildman–Crippen LogP) is 6.49. The number of carbonyl (C=O) groups excluding carboxylic acids is 1. The fourth-order valence-corrected chi connectivity index (χ4v) is 6.01. The summed E-state index contributed by atoms with van der Waals surface area (Å²) >= 11 is 0. The number of rotatable bonds is 17. The second-order valence-electron chi connectivity index (χ2n) is 10.9. The molecule has 33 heavy (non-hydrogen) atoms. The van der Waals surface area contributed by atoms with E-state index < -0.39 is 12.3 Å². The van der Waals surface area contributed by atoms with E-state index in [0.717, 1.165) is 37.3 Å². The van der Waals surface area contributed by atoms with Crippen molar-refractivity contribution in [2.24, 2.45) is 23.2 Å². The van der Waals surface area contributed by atoms with Gasteiger partial charge in [0, 0.05) is 39.3 Å². The van der Waals surface area contributed by atoms with Crippen molar-refractivity contribution in [3.05, 3.63) is 0 Å². The first-order valence-electron chi connectivity index (χ1n) is 13.5. The van der Waals surface area contributed by atoms with Gasteiger partial charge < -0.3 is 9.64 Å². The Kier molecular flexibility index (Phi) is 14.7. The minimum Gasteiger partial charge on any atom is -0.380 e. The number of ether oxygens (including phenoxy) is 1. The van der Waals surface area contributed by atoms with Gasteiger partial charge in [-0.3, -0.25) is 9.69 Å². The van der Waals surface area contributed by atoms with Crippen molar-refractivity contribution in [2.45, 2.75) is 99.3 Å². The molecule has 0 spiro atoms. The van der Waals surface area contributed by atoms with Gasteiger partial charge in [-0.25, -0.2) is 0 Å². The van der Waals surface area contributed by atoms with E-state index in [2.05, 4.69) is 46.4 Å². The molecule has 0 aromatic heterocycles. The molecule has 0 unspecified atom stereocenters. The van der Waals surface area contributed by atoms with E-state index in [1.54, 1.807) is 0 Å². The number of unbranched alkanes of at least 4 members (excludes halogenated alkanes) is 6. The number of amides is 1.